The van der Waals surface area contributed by atoms with E-state index in [1.807, 2.05) is 0 Å². The summed E-state index contributed by atoms with van der Waals surface area (Å²) in [6.45, 7) is 0.726. The summed E-state index contributed by atoms with van der Waals surface area (Å²) < 4.78 is 4.95. The van der Waals surface area contributed by atoms with Crippen molar-refractivity contribution in [3.05, 3.63) is 33.9 Å². The highest BCUT2D eigenvalue weighted by atomic mass is 32.2. The number of ether oxygens (including phenoxy) is 1. The third-order valence-electron chi connectivity index (χ3n) is 2.35. The van der Waals surface area contributed by atoms with Crippen LogP contribution in [-0.2, 0) is 10.5 Å². The molecule has 1 aromatic carbocycles. The number of non-ortho nitro benzene ring substituents is 1. The lowest BCUT2D eigenvalue weighted by molar-refractivity contribution is -0.384. The SMILES string of the molecule is COCCCSCc1cc([N+](=O)[O-])ccc1NN. The van der Waals surface area contributed by atoms with E-state index in [0.29, 0.717) is 5.75 Å². The summed E-state index contributed by atoms with van der Waals surface area (Å²) in [5.74, 6) is 7.01. The first kappa shape index (κ1) is 14.7. The molecule has 100 valence electrons. The summed E-state index contributed by atoms with van der Waals surface area (Å²) in [6.07, 6.45) is 0.960. The summed E-state index contributed by atoms with van der Waals surface area (Å²) in [5.41, 5.74) is 4.20. The first-order chi connectivity index (χ1) is 8.69. The normalized spacial score (nSPS) is 10.3. The monoisotopic (exact) mass is 271 g/mol. The van der Waals surface area contributed by atoms with Crippen LogP contribution in [-0.4, -0.2) is 24.4 Å². The van der Waals surface area contributed by atoms with E-state index >= 15 is 0 Å². The second-order valence-corrected chi connectivity index (χ2v) is 4.75. The van der Waals surface area contributed by atoms with Gasteiger partial charge in [0, 0.05) is 31.6 Å². The van der Waals surface area contributed by atoms with E-state index in [2.05, 4.69) is 5.43 Å². The van der Waals surface area contributed by atoms with Crippen molar-refractivity contribution in [3.63, 3.8) is 0 Å². The van der Waals surface area contributed by atoms with Gasteiger partial charge in [-0.15, -0.1) is 0 Å². The molecule has 7 heteroatoms. The standard InChI is InChI=1S/C11H17N3O3S/c1-17-5-2-6-18-8-9-7-10(14(15)16)3-4-11(9)13-12/h3-4,7,13H,2,5-6,8,12H2,1H3. The van der Waals surface area contributed by atoms with Crippen LogP contribution in [0.2, 0.25) is 0 Å². The molecule has 0 spiro atoms. The number of benzene rings is 1. The largest absolute Gasteiger partial charge is 0.385 e. The lowest BCUT2D eigenvalue weighted by Gasteiger charge is -2.08. The average molecular weight is 271 g/mol. The van der Waals surface area contributed by atoms with Crippen molar-refractivity contribution in [2.24, 2.45) is 5.84 Å². The van der Waals surface area contributed by atoms with Gasteiger partial charge < -0.3 is 10.2 Å². The first-order valence-electron chi connectivity index (χ1n) is 5.49. The van der Waals surface area contributed by atoms with Gasteiger partial charge in [0.15, 0.2) is 0 Å². The Morgan fingerprint density at radius 1 is 1.56 bits per heavy atom. The van der Waals surface area contributed by atoms with Gasteiger partial charge in [0.25, 0.3) is 5.69 Å². The number of nitrogens with one attached hydrogen (secondary N) is 1. The summed E-state index contributed by atoms with van der Waals surface area (Å²) in [4.78, 5) is 10.3. The number of anilines is 1. The van der Waals surface area contributed by atoms with Crippen LogP contribution in [0.15, 0.2) is 18.2 Å². The molecule has 0 fully saturated rings. The maximum absolute atomic E-state index is 10.7. The minimum Gasteiger partial charge on any atom is -0.385 e. The maximum Gasteiger partial charge on any atom is 0.269 e. The number of rotatable bonds is 8. The molecule has 0 bridgehead atoms. The van der Waals surface area contributed by atoms with Crippen molar-refractivity contribution in [1.29, 1.82) is 0 Å². The van der Waals surface area contributed by atoms with Crippen LogP contribution in [0.5, 0.6) is 0 Å². The van der Waals surface area contributed by atoms with Crippen LogP contribution in [0.4, 0.5) is 11.4 Å². The number of hydrogen-bond donors (Lipinski definition) is 2. The van der Waals surface area contributed by atoms with Crippen molar-refractivity contribution < 1.29 is 9.66 Å². The number of nitrogen functional groups attached to an aromatic ring is 1. The molecule has 0 atom stereocenters. The molecule has 0 saturated carbocycles. The molecule has 1 rings (SSSR count). The van der Waals surface area contributed by atoms with Gasteiger partial charge in [-0.3, -0.25) is 16.0 Å². The topological polar surface area (TPSA) is 90.4 Å². The molecular formula is C11H17N3O3S. The third kappa shape index (κ3) is 4.52. The predicted molar refractivity (Wildman–Crippen MR) is 73.6 cm³/mol. The summed E-state index contributed by atoms with van der Waals surface area (Å²) >= 11 is 1.70. The Balaban J connectivity index is 2.61. The molecule has 3 N–H and O–H groups in total. The number of nitrogens with zero attached hydrogens (tertiary/aromatic N) is 1. The lowest BCUT2D eigenvalue weighted by atomic mass is 10.2. The fourth-order valence-corrected chi connectivity index (χ4v) is 2.37. The Labute approximate surface area is 110 Å². The second kappa shape index (κ2) is 7.91. The summed E-state index contributed by atoms with van der Waals surface area (Å²) in [7, 11) is 1.67. The van der Waals surface area contributed by atoms with Gasteiger partial charge in [-0.05, 0) is 23.8 Å². The Hall–Kier alpha value is -1.31. The van der Waals surface area contributed by atoms with E-state index in [1.165, 1.54) is 6.07 Å². The van der Waals surface area contributed by atoms with Crippen molar-refractivity contribution in [2.75, 3.05) is 24.9 Å². The zero-order chi connectivity index (χ0) is 13.4. The molecule has 18 heavy (non-hydrogen) atoms. The number of nitro groups is 1. The highest BCUT2D eigenvalue weighted by molar-refractivity contribution is 7.98. The van der Waals surface area contributed by atoms with Crippen molar-refractivity contribution >= 4 is 23.1 Å². The van der Waals surface area contributed by atoms with Gasteiger partial charge in [-0.2, -0.15) is 11.8 Å². The molecule has 0 amide bonds. The van der Waals surface area contributed by atoms with E-state index in [-0.39, 0.29) is 5.69 Å². The van der Waals surface area contributed by atoms with E-state index in [9.17, 15) is 10.1 Å². The van der Waals surface area contributed by atoms with Gasteiger partial charge in [0.05, 0.1) is 10.6 Å². The molecule has 6 nitrogen and oxygen atoms in total. The van der Waals surface area contributed by atoms with Crippen molar-refractivity contribution in [3.8, 4) is 0 Å². The fourth-order valence-electron chi connectivity index (χ4n) is 1.44. The second-order valence-electron chi connectivity index (χ2n) is 3.64. The number of hydrogen-bond acceptors (Lipinski definition) is 6. The van der Waals surface area contributed by atoms with E-state index < -0.39 is 4.92 Å². The Morgan fingerprint density at radius 3 is 2.94 bits per heavy atom. The summed E-state index contributed by atoms with van der Waals surface area (Å²) in [5, 5.41) is 10.7. The number of methoxy groups -OCH3 is 1. The van der Waals surface area contributed by atoms with Crippen molar-refractivity contribution in [1.82, 2.24) is 0 Å². The first-order valence-corrected chi connectivity index (χ1v) is 6.65. The van der Waals surface area contributed by atoms with Gasteiger partial charge in [0.1, 0.15) is 0 Å². The van der Waals surface area contributed by atoms with Gasteiger partial charge >= 0.3 is 0 Å². The average Bonchev–Trinajstić information content (AvgIpc) is 2.38. The number of nitrogens with two attached hydrogens (primary N) is 1. The van der Waals surface area contributed by atoms with Crippen LogP contribution < -0.4 is 11.3 Å². The Morgan fingerprint density at radius 2 is 2.33 bits per heavy atom. The molecule has 0 radical (unpaired) electrons. The van der Waals surface area contributed by atoms with Gasteiger partial charge in [0.2, 0.25) is 0 Å². The molecule has 1 aromatic rings. The van der Waals surface area contributed by atoms with Crippen molar-refractivity contribution in [2.45, 2.75) is 12.2 Å². The number of nitro benzene ring substituents is 1. The zero-order valence-electron chi connectivity index (χ0n) is 10.2. The molecule has 0 aromatic heterocycles. The van der Waals surface area contributed by atoms with Crippen LogP contribution in [0.1, 0.15) is 12.0 Å². The Bertz CT molecular complexity index is 401. The highest BCUT2D eigenvalue weighted by Crippen LogP contribution is 2.25. The molecule has 0 heterocycles. The summed E-state index contributed by atoms with van der Waals surface area (Å²) in [6, 6.07) is 4.62. The van der Waals surface area contributed by atoms with Gasteiger partial charge in [-0.25, -0.2) is 0 Å². The van der Waals surface area contributed by atoms with Crippen LogP contribution in [0, 0.1) is 10.1 Å². The minimum absolute atomic E-state index is 0.0847. The van der Waals surface area contributed by atoms with E-state index in [0.717, 1.165) is 30.0 Å². The minimum atomic E-state index is -0.403. The number of hydrazine groups is 1. The van der Waals surface area contributed by atoms with E-state index in [1.54, 1.807) is 31.0 Å². The zero-order valence-corrected chi connectivity index (χ0v) is 11.0. The highest BCUT2D eigenvalue weighted by Gasteiger charge is 2.10. The van der Waals surface area contributed by atoms with Crippen LogP contribution in [0.25, 0.3) is 0 Å². The smallest absolute Gasteiger partial charge is 0.269 e. The predicted octanol–water partition coefficient (Wildman–Crippen LogP) is 2.15. The fraction of sp³-hybridized carbons (Fsp3) is 0.455. The van der Waals surface area contributed by atoms with Crippen LogP contribution >= 0.6 is 11.8 Å². The third-order valence-corrected chi connectivity index (χ3v) is 3.44. The molecule has 0 saturated heterocycles. The molecule has 0 aliphatic heterocycles. The lowest BCUT2D eigenvalue weighted by Crippen LogP contribution is -2.09. The quantitative estimate of drug-likeness (QED) is 0.326. The van der Waals surface area contributed by atoms with Gasteiger partial charge in [-0.1, -0.05) is 0 Å². The molecule has 0 unspecified atom stereocenters. The molecule has 0 aliphatic rings. The Kier molecular flexibility index (Phi) is 6.48. The molecular weight excluding hydrogens is 254 g/mol. The van der Waals surface area contributed by atoms with Crippen LogP contribution in [0.3, 0.4) is 0 Å². The number of thioether (sulfide) groups is 1. The maximum atomic E-state index is 10.7. The molecule has 0 aliphatic carbocycles. The van der Waals surface area contributed by atoms with E-state index in [4.69, 9.17) is 10.6 Å².